The van der Waals surface area contributed by atoms with Crippen molar-refractivity contribution in [1.82, 2.24) is 10.2 Å². The van der Waals surface area contributed by atoms with Gasteiger partial charge in [0.25, 0.3) is 0 Å². The van der Waals surface area contributed by atoms with Crippen molar-refractivity contribution in [2.24, 2.45) is 0 Å². The Hall–Kier alpha value is -1.51. The van der Waals surface area contributed by atoms with Crippen LogP contribution in [-0.2, 0) is 27.9 Å². The molecule has 0 unspecified atom stereocenters. The van der Waals surface area contributed by atoms with E-state index in [0.29, 0.717) is 6.54 Å². The minimum atomic E-state index is -3.79. The van der Waals surface area contributed by atoms with Gasteiger partial charge >= 0.3 is 0 Å². The number of hydrogen-bond donors (Lipinski definition) is 1. The van der Waals surface area contributed by atoms with Crippen molar-refractivity contribution in [3.05, 3.63) is 62.6 Å². The van der Waals surface area contributed by atoms with Gasteiger partial charge in [-0.05, 0) is 49.2 Å². The monoisotopic (exact) mass is 503 g/mol. The predicted molar refractivity (Wildman–Crippen MR) is 126 cm³/mol. The minimum Gasteiger partial charge on any atom is -0.350 e. The van der Waals surface area contributed by atoms with Crippen molar-refractivity contribution < 1.29 is 13.2 Å². The van der Waals surface area contributed by atoms with Crippen LogP contribution in [0.2, 0.25) is 15.1 Å². The first-order valence-corrected chi connectivity index (χ1v) is 12.8. The summed E-state index contributed by atoms with van der Waals surface area (Å²) in [6.45, 7) is 2.86. The smallest absolute Gasteiger partial charge is 0.241 e. The Bertz CT molecular complexity index is 1060. The summed E-state index contributed by atoms with van der Waals surface area (Å²) < 4.78 is 25.6. The fourth-order valence-corrected chi connectivity index (χ4v) is 5.08. The van der Waals surface area contributed by atoms with Crippen LogP contribution in [0.5, 0.6) is 0 Å². The average molecular weight is 505 g/mol. The topological polar surface area (TPSA) is 69.7 Å². The summed E-state index contributed by atoms with van der Waals surface area (Å²) in [5.41, 5.74) is 2.25. The molecule has 31 heavy (non-hydrogen) atoms. The lowest BCUT2D eigenvalue weighted by atomic mass is 10.1. The first kappa shape index (κ1) is 24.1. The highest BCUT2D eigenvalue weighted by atomic mass is 35.5. The van der Waals surface area contributed by atoms with Gasteiger partial charge in [0.2, 0.25) is 15.9 Å². The summed E-state index contributed by atoms with van der Waals surface area (Å²) in [5.74, 6) is -0.455. The van der Waals surface area contributed by atoms with Gasteiger partial charge in [0.05, 0.1) is 27.0 Å². The van der Waals surface area contributed by atoms with Gasteiger partial charge in [0.15, 0.2) is 0 Å². The molecule has 2 aromatic carbocycles. The maximum Gasteiger partial charge on any atom is 0.241 e. The zero-order chi connectivity index (χ0) is 22.6. The molecule has 1 N–H and O–H groups in total. The molecule has 1 fully saturated rings. The number of nitrogens with zero attached hydrogens (tertiary/aromatic N) is 2. The van der Waals surface area contributed by atoms with Crippen LogP contribution in [0.3, 0.4) is 0 Å². The van der Waals surface area contributed by atoms with Crippen LogP contribution >= 0.6 is 34.8 Å². The van der Waals surface area contributed by atoms with Gasteiger partial charge in [-0.2, -0.15) is 0 Å². The molecule has 0 bridgehead atoms. The average Bonchev–Trinajstić information content (AvgIpc) is 3.21. The Labute approximate surface area is 198 Å². The number of hydrogen-bond acceptors (Lipinski definition) is 4. The number of carbonyl (C=O) groups excluding carboxylic acids is 1. The molecular formula is C21H24Cl3N3O3S. The normalized spacial score (nSPS) is 14.6. The van der Waals surface area contributed by atoms with Gasteiger partial charge in [-0.1, -0.05) is 59.1 Å². The highest BCUT2D eigenvalue weighted by Crippen LogP contribution is 2.35. The lowest BCUT2D eigenvalue weighted by Gasteiger charge is -2.23. The van der Waals surface area contributed by atoms with Gasteiger partial charge in [0.1, 0.15) is 6.54 Å². The molecule has 0 saturated carbocycles. The maximum atomic E-state index is 12.6. The van der Waals surface area contributed by atoms with Crippen molar-refractivity contribution in [2.75, 3.05) is 30.2 Å². The van der Waals surface area contributed by atoms with E-state index in [1.165, 1.54) is 25.0 Å². The first-order chi connectivity index (χ1) is 14.6. The summed E-state index contributed by atoms with van der Waals surface area (Å²) in [7, 11) is -3.79. The van der Waals surface area contributed by atoms with E-state index in [1.807, 2.05) is 18.2 Å². The highest BCUT2D eigenvalue weighted by Gasteiger charge is 2.24. The molecule has 1 amide bonds. The number of anilines is 1. The predicted octanol–water partition coefficient (Wildman–Crippen LogP) is 4.33. The zero-order valence-corrected chi connectivity index (χ0v) is 20.2. The fraction of sp³-hybridized carbons (Fsp3) is 0.381. The van der Waals surface area contributed by atoms with E-state index < -0.39 is 22.5 Å². The lowest BCUT2D eigenvalue weighted by molar-refractivity contribution is -0.119. The van der Waals surface area contributed by atoms with Crippen LogP contribution < -0.4 is 9.62 Å². The molecule has 0 aliphatic carbocycles. The Morgan fingerprint density at radius 3 is 2.29 bits per heavy atom. The molecule has 1 saturated heterocycles. The third-order valence-corrected chi connectivity index (χ3v) is 7.28. The largest absolute Gasteiger partial charge is 0.350 e. The number of benzene rings is 2. The molecule has 3 rings (SSSR count). The molecule has 168 valence electrons. The quantitative estimate of drug-likeness (QED) is 0.544. The zero-order valence-electron chi connectivity index (χ0n) is 17.1. The Morgan fingerprint density at radius 1 is 1.03 bits per heavy atom. The van der Waals surface area contributed by atoms with E-state index in [9.17, 15) is 13.2 Å². The molecule has 0 atom stereocenters. The second-order valence-electron chi connectivity index (χ2n) is 7.52. The van der Waals surface area contributed by atoms with E-state index >= 15 is 0 Å². The first-order valence-electron chi connectivity index (χ1n) is 9.83. The minimum absolute atomic E-state index is 0.0867. The van der Waals surface area contributed by atoms with Crippen molar-refractivity contribution in [3.8, 4) is 0 Å². The van der Waals surface area contributed by atoms with Crippen molar-refractivity contribution in [1.29, 1.82) is 0 Å². The van der Waals surface area contributed by atoms with Crippen LogP contribution in [0.15, 0.2) is 36.4 Å². The van der Waals surface area contributed by atoms with Crippen LogP contribution in [-0.4, -0.2) is 45.1 Å². The third-order valence-electron chi connectivity index (χ3n) is 5.13. The van der Waals surface area contributed by atoms with Crippen molar-refractivity contribution >= 4 is 56.4 Å². The number of nitrogens with one attached hydrogen (secondary N) is 1. The molecule has 1 aliphatic heterocycles. The van der Waals surface area contributed by atoms with Gasteiger partial charge in [0, 0.05) is 13.1 Å². The van der Waals surface area contributed by atoms with Gasteiger partial charge in [-0.15, -0.1) is 0 Å². The van der Waals surface area contributed by atoms with Crippen LogP contribution in [0, 0.1) is 0 Å². The van der Waals surface area contributed by atoms with Crippen LogP contribution in [0.1, 0.15) is 24.0 Å². The van der Waals surface area contributed by atoms with E-state index in [-0.39, 0.29) is 20.8 Å². The molecule has 2 aromatic rings. The Kier molecular flexibility index (Phi) is 8.10. The molecule has 1 heterocycles. The Morgan fingerprint density at radius 2 is 1.65 bits per heavy atom. The molecular weight excluding hydrogens is 481 g/mol. The second-order valence-corrected chi connectivity index (χ2v) is 10.6. The number of likely N-dealkylation sites (tertiary alicyclic amines) is 1. The second kappa shape index (κ2) is 10.4. The molecule has 0 aromatic heterocycles. The summed E-state index contributed by atoms with van der Waals surface area (Å²) >= 11 is 18.1. The number of halogens is 3. The SMILES string of the molecule is CS(=O)(=O)N(CC(=O)NCc1ccccc1CN1CCCC1)c1cc(Cl)c(Cl)cc1Cl. The Balaban J connectivity index is 1.71. The molecule has 6 nitrogen and oxygen atoms in total. The number of amides is 1. The molecule has 1 aliphatic rings. The van der Waals surface area contributed by atoms with Gasteiger partial charge in [-0.25, -0.2) is 8.42 Å². The molecule has 0 spiro atoms. The summed E-state index contributed by atoms with van der Waals surface area (Å²) in [4.78, 5) is 15.0. The van der Waals surface area contributed by atoms with E-state index in [1.54, 1.807) is 0 Å². The van der Waals surface area contributed by atoms with Gasteiger partial charge in [-0.3, -0.25) is 14.0 Å². The number of rotatable bonds is 8. The standard InChI is InChI=1S/C21H24Cl3N3O3S/c1-31(29,30)27(20-11-18(23)17(22)10-19(20)24)14-21(28)25-12-15-6-2-3-7-16(15)13-26-8-4-5-9-26/h2-3,6-7,10-11H,4-5,8-9,12-14H2,1H3,(H,25,28). The van der Waals surface area contributed by atoms with Crippen molar-refractivity contribution in [3.63, 3.8) is 0 Å². The molecule has 10 heteroatoms. The maximum absolute atomic E-state index is 12.6. The van der Waals surface area contributed by atoms with E-state index in [4.69, 9.17) is 34.8 Å². The summed E-state index contributed by atoms with van der Waals surface area (Å²) in [5, 5.41) is 3.24. The molecule has 0 radical (unpaired) electrons. The summed E-state index contributed by atoms with van der Waals surface area (Å²) in [6.07, 6.45) is 3.42. The van der Waals surface area contributed by atoms with E-state index in [0.717, 1.165) is 41.3 Å². The highest BCUT2D eigenvalue weighted by molar-refractivity contribution is 7.92. The third kappa shape index (κ3) is 6.49. The van der Waals surface area contributed by atoms with E-state index in [2.05, 4.69) is 16.3 Å². The lowest BCUT2D eigenvalue weighted by Crippen LogP contribution is -2.40. The number of carbonyl (C=O) groups is 1. The van der Waals surface area contributed by atoms with Crippen LogP contribution in [0.25, 0.3) is 0 Å². The van der Waals surface area contributed by atoms with Crippen LogP contribution in [0.4, 0.5) is 5.69 Å². The number of sulfonamides is 1. The summed E-state index contributed by atoms with van der Waals surface area (Å²) in [6, 6.07) is 10.6. The van der Waals surface area contributed by atoms with Gasteiger partial charge < -0.3 is 5.32 Å². The fourth-order valence-electron chi connectivity index (χ4n) is 3.53. The van der Waals surface area contributed by atoms with Crippen molar-refractivity contribution in [2.45, 2.75) is 25.9 Å².